The van der Waals surface area contributed by atoms with Gasteiger partial charge in [0.05, 0.1) is 0 Å². The van der Waals surface area contributed by atoms with Crippen LogP contribution in [0.1, 0.15) is 46.5 Å². The second-order valence-corrected chi connectivity index (χ2v) is 3.17. The standard InChI is InChI=1S/C11H22O3/c1-4-7-8-9-10(12)11(13-5-2)14-6-3/h11H,4-9H2,1-3H3. The van der Waals surface area contributed by atoms with Gasteiger partial charge in [-0.2, -0.15) is 0 Å². The molecule has 0 saturated carbocycles. The molecule has 0 atom stereocenters. The smallest absolute Gasteiger partial charge is 0.217 e. The van der Waals surface area contributed by atoms with E-state index in [2.05, 4.69) is 6.92 Å². The maximum Gasteiger partial charge on any atom is 0.217 e. The number of ketones is 1. The van der Waals surface area contributed by atoms with E-state index in [1.165, 1.54) is 0 Å². The molecule has 0 radical (unpaired) electrons. The molecule has 0 aliphatic heterocycles. The molecule has 0 amide bonds. The van der Waals surface area contributed by atoms with Gasteiger partial charge in [-0.15, -0.1) is 0 Å². The van der Waals surface area contributed by atoms with Gasteiger partial charge in [0.25, 0.3) is 0 Å². The van der Waals surface area contributed by atoms with Crippen LogP contribution in [0.3, 0.4) is 0 Å². The van der Waals surface area contributed by atoms with Crippen molar-refractivity contribution < 1.29 is 14.3 Å². The van der Waals surface area contributed by atoms with Gasteiger partial charge in [-0.3, -0.25) is 4.79 Å². The number of ether oxygens (including phenoxy) is 2. The zero-order valence-corrected chi connectivity index (χ0v) is 9.54. The summed E-state index contributed by atoms with van der Waals surface area (Å²) in [7, 11) is 0. The fourth-order valence-corrected chi connectivity index (χ4v) is 1.20. The highest BCUT2D eigenvalue weighted by Gasteiger charge is 2.17. The summed E-state index contributed by atoms with van der Waals surface area (Å²) in [4.78, 5) is 11.5. The average molecular weight is 202 g/mol. The first-order valence-corrected chi connectivity index (χ1v) is 5.52. The van der Waals surface area contributed by atoms with E-state index in [9.17, 15) is 4.79 Å². The second kappa shape index (κ2) is 9.16. The van der Waals surface area contributed by atoms with Gasteiger partial charge in [0, 0.05) is 19.6 Å². The molecule has 0 N–H and O–H groups in total. The van der Waals surface area contributed by atoms with Crippen molar-refractivity contribution >= 4 is 5.78 Å². The van der Waals surface area contributed by atoms with Gasteiger partial charge < -0.3 is 9.47 Å². The van der Waals surface area contributed by atoms with Crippen LogP contribution in [0.25, 0.3) is 0 Å². The monoisotopic (exact) mass is 202 g/mol. The molecule has 14 heavy (non-hydrogen) atoms. The van der Waals surface area contributed by atoms with E-state index in [0.29, 0.717) is 19.6 Å². The molecule has 3 heteroatoms. The number of carbonyl (C=O) groups is 1. The van der Waals surface area contributed by atoms with Crippen molar-refractivity contribution in [1.29, 1.82) is 0 Å². The topological polar surface area (TPSA) is 35.5 Å². The lowest BCUT2D eigenvalue weighted by molar-refractivity contribution is -0.168. The van der Waals surface area contributed by atoms with Crippen LogP contribution in [-0.4, -0.2) is 25.3 Å². The largest absolute Gasteiger partial charge is 0.346 e. The summed E-state index contributed by atoms with van der Waals surface area (Å²) in [5, 5.41) is 0. The SMILES string of the molecule is CCCCCC(=O)C(OCC)OCC. The van der Waals surface area contributed by atoms with Gasteiger partial charge in [0.15, 0.2) is 5.78 Å². The normalized spacial score (nSPS) is 10.9. The summed E-state index contributed by atoms with van der Waals surface area (Å²) in [6.45, 7) is 6.89. The van der Waals surface area contributed by atoms with E-state index in [-0.39, 0.29) is 5.78 Å². The van der Waals surface area contributed by atoms with Crippen LogP contribution in [0.5, 0.6) is 0 Å². The summed E-state index contributed by atoms with van der Waals surface area (Å²) >= 11 is 0. The Morgan fingerprint density at radius 2 is 1.64 bits per heavy atom. The van der Waals surface area contributed by atoms with Crippen LogP contribution in [-0.2, 0) is 14.3 Å². The van der Waals surface area contributed by atoms with E-state index in [0.717, 1.165) is 19.3 Å². The number of unbranched alkanes of at least 4 members (excludes halogenated alkanes) is 2. The molecule has 0 aromatic carbocycles. The van der Waals surface area contributed by atoms with Crippen molar-refractivity contribution in [2.75, 3.05) is 13.2 Å². The molecule has 0 aliphatic rings. The summed E-state index contributed by atoms with van der Waals surface area (Å²) in [6, 6.07) is 0. The lowest BCUT2D eigenvalue weighted by atomic mass is 10.1. The van der Waals surface area contributed by atoms with Gasteiger partial charge in [0.2, 0.25) is 6.29 Å². The predicted octanol–water partition coefficient (Wildman–Crippen LogP) is 2.53. The van der Waals surface area contributed by atoms with E-state index < -0.39 is 6.29 Å². The Labute approximate surface area is 86.8 Å². The lowest BCUT2D eigenvalue weighted by Gasteiger charge is -2.15. The molecule has 0 rings (SSSR count). The minimum atomic E-state index is -0.637. The van der Waals surface area contributed by atoms with Gasteiger partial charge in [-0.05, 0) is 20.3 Å². The fraction of sp³-hybridized carbons (Fsp3) is 0.909. The molecule has 84 valence electrons. The molecular weight excluding hydrogens is 180 g/mol. The van der Waals surface area contributed by atoms with Crippen molar-refractivity contribution in [1.82, 2.24) is 0 Å². The predicted molar refractivity (Wildman–Crippen MR) is 56.2 cm³/mol. The van der Waals surface area contributed by atoms with Crippen molar-refractivity contribution in [2.24, 2.45) is 0 Å². The van der Waals surface area contributed by atoms with Crippen molar-refractivity contribution in [3.63, 3.8) is 0 Å². The molecule has 0 bridgehead atoms. The summed E-state index contributed by atoms with van der Waals surface area (Å²) in [5.41, 5.74) is 0. The van der Waals surface area contributed by atoms with E-state index >= 15 is 0 Å². The van der Waals surface area contributed by atoms with Crippen LogP contribution >= 0.6 is 0 Å². The summed E-state index contributed by atoms with van der Waals surface area (Å²) in [6.07, 6.45) is 3.09. The third-order valence-electron chi connectivity index (χ3n) is 1.93. The Kier molecular flexibility index (Phi) is 8.89. The van der Waals surface area contributed by atoms with Crippen molar-refractivity contribution in [3.05, 3.63) is 0 Å². The van der Waals surface area contributed by atoms with E-state index in [4.69, 9.17) is 9.47 Å². The highest BCUT2D eigenvalue weighted by Crippen LogP contribution is 2.06. The molecule has 3 nitrogen and oxygen atoms in total. The van der Waals surface area contributed by atoms with E-state index in [1.54, 1.807) is 0 Å². The average Bonchev–Trinajstić information content (AvgIpc) is 2.18. The van der Waals surface area contributed by atoms with Gasteiger partial charge in [-0.25, -0.2) is 0 Å². The quantitative estimate of drug-likeness (QED) is 0.426. The number of hydrogen-bond acceptors (Lipinski definition) is 3. The Balaban J connectivity index is 3.76. The molecule has 0 fully saturated rings. The first kappa shape index (κ1) is 13.6. The fourth-order valence-electron chi connectivity index (χ4n) is 1.20. The van der Waals surface area contributed by atoms with Crippen LogP contribution in [0.15, 0.2) is 0 Å². The zero-order chi connectivity index (χ0) is 10.8. The van der Waals surface area contributed by atoms with Gasteiger partial charge in [-0.1, -0.05) is 19.8 Å². The molecule has 0 aromatic heterocycles. The summed E-state index contributed by atoms with van der Waals surface area (Å²) < 4.78 is 10.4. The van der Waals surface area contributed by atoms with Crippen LogP contribution < -0.4 is 0 Å². The molecule has 0 spiro atoms. The first-order chi connectivity index (χ1) is 6.76. The lowest BCUT2D eigenvalue weighted by Crippen LogP contribution is -2.27. The highest BCUT2D eigenvalue weighted by atomic mass is 16.7. The Hall–Kier alpha value is -0.410. The molecule has 0 aliphatic carbocycles. The van der Waals surface area contributed by atoms with Gasteiger partial charge in [0.1, 0.15) is 0 Å². The van der Waals surface area contributed by atoms with Crippen molar-refractivity contribution in [3.8, 4) is 0 Å². The first-order valence-electron chi connectivity index (χ1n) is 5.52. The number of rotatable bonds is 9. The third-order valence-corrected chi connectivity index (χ3v) is 1.93. The van der Waals surface area contributed by atoms with Crippen LogP contribution in [0.2, 0.25) is 0 Å². The number of hydrogen-bond donors (Lipinski definition) is 0. The molecular formula is C11H22O3. The Morgan fingerprint density at radius 1 is 1.07 bits per heavy atom. The molecule has 0 aromatic rings. The Bertz CT molecular complexity index is 139. The Morgan fingerprint density at radius 3 is 2.07 bits per heavy atom. The molecule has 0 saturated heterocycles. The maximum atomic E-state index is 11.5. The highest BCUT2D eigenvalue weighted by molar-refractivity contribution is 5.81. The third kappa shape index (κ3) is 6.11. The van der Waals surface area contributed by atoms with Crippen molar-refractivity contribution in [2.45, 2.75) is 52.7 Å². The van der Waals surface area contributed by atoms with Crippen LogP contribution in [0, 0.1) is 0 Å². The van der Waals surface area contributed by atoms with Crippen LogP contribution in [0.4, 0.5) is 0 Å². The van der Waals surface area contributed by atoms with Gasteiger partial charge >= 0.3 is 0 Å². The number of carbonyl (C=O) groups excluding carboxylic acids is 1. The zero-order valence-electron chi connectivity index (χ0n) is 9.54. The maximum absolute atomic E-state index is 11.5. The number of Topliss-reactive ketones (excluding diaryl/α,β-unsaturated/α-hetero) is 1. The van der Waals surface area contributed by atoms with E-state index in [1.807, 2.05) is 13.8 Å². The molecule has 0 heterocycles. The summed E-state index contributed by atoms with van der Waals surface area (Å²) in [5.74, 6) is 0.0714. The minimum Gasteiger partial charge on any atom is -0.346 e. The minimum absolute atomic E-state index is 0.0714. The second-order valence-electron chi connectivity index (χ2n) is 3.17. The molecule has 0 unspecified atom stereocenters.